The van der Waals surface area contributed by atoms with Gasteiger partial charge >= 0.3 is 0 Å². The second-order valence-electron chi connectivity index (χ2n) is 16.7. The number of para-hydroxylation sites is 1. The number of phenolic OH excluding ortho intramolecular Hbond substituents is 1. The molecule has 1 N–H and O–H groups in total. The van der Waals surface area contributed by atoms with Gasteiger partial charge in [0.15, 0.2) is 0 Å². The number of fused-ring (bicyclic) bond motifs is 1. The third-order valence-electron chi connectivity index (χ3n) is 11.3. The molecule has 2 heterocycles. The fraction of sp³-hybridized carbons (Fsp3) is 0.127. The first-order chi connectivity index (χ1) is 28.5. The van der Waals surface area contributed by atoms with E-state index in [1.807, 2.05) is 19.2 Å². The van der Waals surface area contributed by atoms with Crippen molar-refractivity contribution in [2.45, 2.75) is 47.0 Å². The fourth-order valence-corrected chi connectivity index (χ4v) is 8.27. The van der Waals surface area contributed by atoms with Crippen molar-refractivity contribution in [2.24, 2.45) is 0 Å². The van der Waals surface area contributed by atoms with Gasteiger partial charge in [-0.05, 0) is 136 Å². The van der Waals surface area contributed by atoms with E-state index in [1.54, 1.807) is 0 Å². The maximum atomic E-state index is 11.8. The maximum Gasteiger partial charge on any atom is 0.149 e. The maximum absolute atomic E-state index is 11.8. The summed E-state index contributed by atoms with van der Waals surface area (Å²) in [4.78, 5) is 10.5. The SMILES string of the molecule is Cc1ccc(-c2ccnc(-c3cc(-c4ccccc4)cc(-c4cccc5c4nc(-c4cc(C)cc(C)c4O)n5-c4ccc(-c5ccccc5)cc4C(C)(C)C)c3)c2)cc1. The van der Waals surface area contributed by atoms with Crippen LogP contribution in [0, 0.1) is 20.8 Å². The predicted molar refractivity (Wildman–Crippen MR) is 246 cm³/mol. The Morgan fingerprint density at radius 2 is 1.12 bits per heavy atom. The van der Waals surface area contributed by atoms with Gasteiger partial charge in [0.1, 0.15) is 11.6 Å². The van der Waals surface area contributed by atoms with E-state index in [4.69, 9.17) is 9.97 Å². The quantitative estimate of drug-likeness (QED) is 0.176. The molecule has 4 nitrogen and oxygen atoms in total. The van der Waals surface area contributed by atoms with Crippen molar-refractivity contribution in [3.8, 4) is 78.6 Å². The lowest BCUT2D eigenvalue weighted by Gasteiger charge is -2.26. The first kappa shape index (κ1) is 37.5. The molecular weight excluding hydrogens is 719 g/mol. The number of aromatic hydroxyl groups is 1. The lowest BCUT2D eigenvalue weighted by Crippen LogP contribution is -2.16. The smallest absolute Gasteiger partial charge is 0.149 e. The van der Waals surface area contributed by atoms with Crippen LogP contribution in [0.25, 0.3) is 83.9 Å². The average Bonchev–Trinajstić information content (AvgIpc) is 3.65. The third-order valence-corrected chi connectivity index (χ3v) is 11.3. The number of aryl methyl sites for hydroxylation is 3. The van der Waals surface area contributed by atoms with Crippen LogP contribution in [0.4, 0.5) is 0 Å². The summed E-state index contributed by atoms with van der Waals surface area (Å²) >= 11 is 0. The number of hydrogen-bond acceptors (Lipinski definition) is 3. The van der Waals surface area contributed by atoms with Gasteiger partial charge in [-0.2, -0.15) is 0 Å². The van der Waals surface area contributed by atoms with Crippen LogP contribution in [0.15, 0.2) is 170 Å². The summed E-state index contributed by atoms with van der Waals surface area (Å²) < 4.78 is 2.26. The van der Waals surface area contributed by atoms with Gasteiger partial charge in [-0.15, -0.1) is 0 Å². The van der Waals surface area contributed by atoms with Crippen LogP contribution in [0.2, 0.25) is 0 Å². The van der Waals surface area contributed by atoms with E-state index in [2.05, 4.69) is 197 Å². The van der Waals surface area contributed by atoms with Crippen LogP contribution in [0.1, 0.15) is 43.0 Å². The molecule has 59 heavy (non-hydrogen) atoms. The van der Waals surface area contributed by atoms with Crippen LogP contribution in [0.3, 0.4) is 0 Å². The summed E-state index contributed by atoms with van der Waals surface area (Å²) in [6.07, 6.45) is 1.90. The monoisotopic (exact) mass is 765 g/mol. The Kier molecular flexibility index (Phi) is 9.57. The molecule has 0 radical (unpaired) electrons. The molecule has 0 saturated carbocycles. The summed E-state index contributed by atoms with van der Waals surface area (Å²) in [6, 6.07) is 58.0. The number of aromatic nitrogens is 3. The normalized spacial score (nSPS) is 11.6. The Labute approximate surface area is 347 Å². The van der Waals surface area contributed by atoms with Crippen molar-refractivity contribution >= 4 is 11.0 Å². The van der Waals surface area contributed by atoms with Gasteiger partial charge in [0.05, 0.1) is 28.0 Å². The second-order valence-corrected chi connectivity index (χ2v) is 16.7. The summed E-state index contributed by atoms with van der Waals surface area (Å²) in [5.74, 6) is 0.932. The fourth-order valence-electron chi connectivity index (χ4n) is 8.27. The number of benzene rings is 7. The predicted octanol–water partition coefficient (Wildman–Crippen LogP) is 14.4. The highest BCUT2D eigenvalue weighted by molar-refractivity contribution is 5.98. The molecule has 0 unspecified atom stereocenters. The number of rotatable bonds is 7. The zero-order valence-electron chi connectivity index (χ0n) is 34.5. The molecule has 0 aliphatic rings. The van der Waals surface area contributed by atoms with E-state index in [0.717, 1.165) is 78.0 Å². The number of phenols is 1. The van der Waals surface area contributed by atoms with Gasteiger partial charge in [-0.3, -0.25) is 9.55 Å². The molecule has 4 heteroatoms. The van der Waals surface area contributed by atoms with E-state index in [1.165, 1.54) is 16.7 Å². The molecule has 7 aromatic carbocycles. The minimum Gasteiger partial charge on any atom is -0.507 e. The lowest BCUT2D eigenvalue weighted by molar-refractivity contribution is 0.472. The molecule has 0 aliphatic heterocycles. The molecular formula is C55H47N3O. The molecule has 2 aromatic heterocycles. The van der Waals surface area contributed by atoms with Crippen LogP contribution in [-0.4, -0.2) is 19.6 Å². The Hall–Kier alpha value is -7.04. The molecule has 0 bridgehead atoms. The summed E-state index contributed by atoms with van der Waals surface area (Å²) in [5, 5.41) is 11.8. The van der Waals surface area contributed by atoms with Gasteiger partial charge in [0, 0.05) is 17.3 Å². The van der Waals surface area contributed by atoms with E-state index in [9.17, 15) is 5.11 Å². The zero-order chi connectivity index (χ0) is 40.8. The van der Waals surface area contributed by atoms with Gasteiger partial charge < -0.3 is 5.11 Å². The van der Waals surface area contributed by atoms with E-state index < -0.39 is 0 Å². The van der Waals surface area contributed by atoms with Crippen molar-refractivity contribution < 1.29 is 5.11 Å². The zero-order valence-corrected chi connectivity index (χ0v) is 34.5. The lowest BCUT2D eigenvalue weighted by atomic mass is 9.83. The van der Waals surface area contributed by atoms with Crippen LogP contribution in [0.5, 0.6) is 5.75 Å². The molecule has 9 aromatic rings. The third kappa shape index (κ3) is 7.23. The van der Waals surface area contributed by atoms with Crippen molar-refractivity contribution in [3.63, 3.8) is 0 Å². The molecule has 0 saturated heterocycles. The largest absolute Gasteiger partial charge is 0.507 e. The standard InChI is InChI=1S/C55H47N3O/c1-35-20-22-40(23-21-35)42-26-27-56-49(34-42)45-31-43(39-16-11-8-12-17-39)30-44(32-45)46-18-13-19-51-52(46)57-54(47-29-36(2)28-37(3)53(47)59)58(51)50-25-24-41(33-48(50)55(4,5)6)38-14-9-7-10-15-38/h7-34,59H,1-6H3. The Balaban J connectivity index is 1.31. The Morgan fingerprint density at radius 3 is 1.83 bits per heavy atom. The number of hydrogen-bond donors (Lipinski definition) is 1. The van der Waals surface area contributed by atoms with Gasteiger partial charge in [-0.1, -0.05) is 136 Å². The van der Waals surface area contributed by atoms with Crippen LogP contribution >= 0.6 is 0 Å². The van der Waals surface area contributed by atoms with Crippen molar-refractivity contribution in [1.82, 2.24) is 14.5 Å². The molecule has 9 rings (SSSR count). The van der Waals surface area contributed by atoms with Gasteiger partial charge in [0.25, 0.3) is 0 Å². The topological polar surface area (TPSA) is 50.9 Å². The van der Waals surface area contributed by atoms with Crippen molar-refractivity contribution in [1.29, 1.82) is 0 Å². The van der Waals surface area contributed by atoms with E-state index >= 15 is 0 Å². The Morgan fingerprint density at radius 1 is 0.492 bits per heavy atom. The Bertz CT molecular complexity index is 2990. The average molecular weight is 766 g/mol. The summed E-state index contributed by atoms with van der Waals surface area (Å²) in [7, 11) is 0. The molecule has 0 atom stereocenters. The molecule has 0 aliphatic carbocycles. The molecule has 0 amide bonds. The van der Waals surface area contributed by atoms with Crippen LogP contribution < -0.4 is 0 Å². The first-order valence-electron chi connectivity index (χ1n) is 20.3. The number of nitrogens with zero attached hydrogens (tertiary/aromatic N) is 3. The van der Waals surface area contributed by atoms with Gasteiger partial charge in [-0.25, -0.2) is 4.98 Å². The molecule has 0 spiro atoms. The first-order valence-corrected chi connectivity index (χ1v) is 20.3. The number of pyridine rings is 1. The molecule has 0 fully saturated rings. The summed E-state index contributed by atoms with van der Waals surface area (Å²) in [6.45, 7) is 12.9. The highest BCUT2D eigenvalue weighted by Gasteiger charge is 2.26. The minimum atomic E-state index is -0.213. The number of imidazole rings is 1. The van der Waals surface area contributed by atoms with E-state index in [0.29, 0.717) is 11.4 Å². The summed E-state index contributed by atoms with van der Waals surface area (Å²) in [5.41, 5.74) is 18.4. The highest BCUT2D eigenvalue weighted by atomic mass is 16.3. The van der Waals surface area contributed by atoms with Crippen molar-refractivity contribution in [2.75, 3.05) is 0 Å². The highest BCUT2D eigenvalue weighted by Crippen LogP contribution is 2.43. The second kappa shape index (κ2) is 15.0. The van der Waals surface area contributed by atoms with E-state index in [-0.39, 0.29) is 11.2 Å². The molecule has 288 valence electrons. The van der Waals surface area contributed by atoms with Gasteiger partial charge in [0.2, 0.25) is 0 Å². The minimum absolute atomic E-state index is 0.213. The van der Waals surface area contributed by atoms with Crippen LogP contribution in [-0.2, 0) is 5.41 Å². The van der Waals surface area contributed by atoms with Crippen molar-refractivity contribution in [3.05, 3.63) is 192 Å².